The lowest BCUT2D eigenvalue weighted by Crippen LogP contribution is -2.19. The third-order valence-electron chi connectivity index (χ3n) is 2.26. The number of aromatic nitrogens is 5. The monoisotopic (exact) mass is 234 g/mol. The molecule has 7 heteroatoms. The van der Waals surface area contributed by atoms with Crippen LogP contribution >= 0.6 is 0 Å². The molecule has 0 spiro atoms. The predicted octanol–water partition coefficient (Wildman–Crippen LogP) is 0.763. The molecular formula is C10H14N6O. The minimum absolute atomic E-state index is 0.129. The number of H-pyrrole nitrogens is 1. The Kier molecular flexibility index (Phi) is 3.17. The molecule has 0 bridgehead atoms. The van der Waals surface area contributed by atoms with Crippen LogP contribution in [0.25, 0.3) is 0 Å². The first-order valence-corrected chi connectivity index (χ1v) is 5.32. The summed E-state index contributed by atoms with van der Waals surface area (Å²) >= 11 is 0. The smallest absolute Gasteiger partial charge is 0.247 e. The van der Waals surface area contributed by atoms with Crippen molar-refractivity contribution in [2.24, 2.45) is 0 Å². The Morgan fingerprint density at radius 1 is 1.59 bits per heavy atom. The van der Waals surface area contributed by atoms with Gasteiger partial charge < -0.3 is 5.32 Å². The molecule has 2 heterocycles. The van der Waals surface area contributed by atoms with Gasteiger partial charge in [-0.2, -0.15) is 10.2 Å². The molecule has 0 unspecified atom stereocenters. The van der Waals surface area contributed by atoms with E-state index in [1.807, 2.05) is 6.07 Å². The lowest BCUT2D eigenvalue weighted by atomic mass is 10.1. The molecule has 90 valence electrons. The Morgan fingerprint density at radius 2 is 2.41 bits per heavy atom. The molecule has 17 heavy (non-hydrogen) atoms. The van der Waals surface area contributed by atoms with Gasteiger partial charge in [0.2, 0.25) is 5.91 Å². The van der Waals surface area contributed by atoms with Gasteiger partial charge in [-0.05, 0) is 5.92 Å². The van der Waals surface area contributed by atoms with Gasteiger partial charge in [-0.1, -0.05) is 13.8 Å². The fourth-order valence-corrected chi connectivity index (χ4v) is 1.34. The minimum atomic E-state index is -0.183. The Labute approximate surface area is 98.2 Å². The fourth-order valence-electron chi connectivity index (χ4n) is 1.34. The molecule has 0 aliphatic rings. The topological polar surface area (TPSA) is 88.5 Å². The van der Waals surface area contributed by atoms with Gasteiger partial charge in [0.05, 0.1) is 0 Å². The highest BCUT2D eigenvalue weighted by atomic mass is 16.2. The van der Waals surface area contributed by atoms with Gasteiger partial charge in [-0.25, -0.2) is 9.67 Å². The third kappa shape index (κ3) is 2.90. The molecule has 2 aromatic heterocycles. The molecule has 0 aliphatic carbocycles. The quantitative estimate of drug-likeness (QED) is 0.817. The highest BCUT2D eigenvalue weighted by Gasteiger charge is 2.08. The molecule has 0 aliphatic heterocycles. The summed E-state index contributed by atoms with van der Waals surface area (Å²) < 4.78 is 1.45. The van der Waals surface area contributed by atoms with Crippen LogP contribution in [0.4, 0.5) is 5.82 Å². The summed E-state index contributed by atoms with van der Waals surface area (Å²) in [5, 5.41) is 13.4. The van der Waals surface area contributed by atoms with Crippen LogP contribution in [0.5, 0.6) is 0 Å². The maximum absolute atomic E-state index is 11.6. The number of hydrogen-bond donors (Lipinski definition) is 2. The predicted molar refractivity (Wildman–Crippen MR) is 61.3 cm³/mol. The lowest BCUT2D eigenvalue weighted by Gasteiger charge is -2.00. The zero-order chi connectivity index (χ0) is 12.3. The average molecular weight is 234 g/mol. The summed E-state index contributed by atoms with van der Waals surface area (Å²) in [6.07, 6.45) is 2.88. The number of rotatable bonds is 4. The van der Waals surface area contributed by atoms with E-state index in [-0.39, 0.29) is 12.5 Å². The summed E-state index contributed by atoms with van der Waals surface area (Å²) in [7, 11) is 0. The molecule has 0 saturated heterocycles. The molecule has 2 rings (SSSR count). The Hall–Kier alpha value is -2.18. The number of aromatic amines is 1. The third-order valence-corrected chi connectivity index (χ3v) is 2.26. The molecule has 0 fully saturated rings. The first kappa shape index (κ1) is 11.3. The van der Waals surface area contributed by atoms with E-state index in [2.05, 4.69) is 39.4 Å². The van der Waals surface area contributed by atoms with E-state index in [0.717, 1.165) is 5.69 Å². The maximum Gasteiger partial charge on any atom is 0.247 e. The van der Waals surface area contributed by atoms with Crippen LogP contribution in [-0.4, -0.2) is 30.9 Å². The van der Waals surface area contributed by atoms with Crippen molar-refractivity contribution in [3.63, 3.8) is 0 Å². The van der Waals surface area contributed by atoms with Gasteiger partial charge in [0.1, 0.15) is 19.2 Å². The van der Waals surface area contributed by atoms with Gasteiger partial charge in [0.25, 0.3) is 0 Å². The molecular weight excluding hydrogens is 220 g/mol. The molecule has 2 N–H and O–H groups in total. The number of carbonyl (C=O) groups excluding carboxylic acids is 1. The second kappa shape index (κ2) is 4.77. The molecule has 0 saturated carbocycles. The van der Waals surface area contributed by atoms with Crippen LogP contribution in [0.1, 0.15) is 25.5 Å². The summed E-state index contributed by atoms with van der Waals surface area (Å²) in [6.45, 7) is 4.23. The van der Waals surface area contributed by atoms with Gasteiger partial charge in [-0.3, -0.25) is 9.89 Å². The van der Waals surface area contributed by atoms with Gasteiger partial charge in [0.15, 0.2) is 5.82 Å². The standard InChI is InChI=1S/C10H14N6O/c1-7(2)8-3-9(15-14-8)13-10(17)4-16-6-11-5-12-16/h3,5-7H,4H2,1-2H3,(H2,13,14,15,17). The average Bonchev–Trinajstić information content (AvgIpc) is 2.88. The van der Waals surface area contributed by atoms with E-state index in [4.69, 9.17) is 0 Å². The number of nitrogens with one attached hydrogen (secondary N) is 2. The molecule has 7 nitrogen and oxygen atoms in total. The zero-order valence-electron chi connectivity index (χ0n) is 9.71. The van der Waals surface area contributed by atoms with Crippen LogP contribution in [0.3, 0.4) is 0 Å². The highest BCUT2D eigenvalue weighted by molar-refractivity contribution is 5.89. The Morgan fingerprint density at radius 3 is 3.00 bits per heavy atom. The van der Waals surface area contributed by atoms with E-state index in [1.165, 1.54) is 17.3 Å². The van der Waals surface area contributed by atoms with Crippen LogP contribution in [0, 0.1) is 0 Å². The van der Waals surface area contributed by atoms with Crippen molar-refractivity contribution >= 4 is 11.7 Å². The van der Waals surface area contributed by atoms with Crippen molar-refractivity contribution in [1.29, 1.82) is 0 Å². The lowest BCUT2D eigenvalue weighted by molar-refractivity contribution is -0.116. The van der Waals surface area contributed by atoms with Crippen molar-refractivity contribution in [1.82, 2.24) is 25.0 Å². The molecule has 0 atom stereocenters. The highest BCUT2D eigenvalue weighted by Crippen LogP contribution is 2.14. The summed E-state index contributed by atoms with van der Waals surface area (Å²) in [4.78, 5) is 15.4. The summed E-state index contributed by atoms with van der Waals surface area (Å²) in [5.41, 5.74) is 0.987. The number of hydrogen-bond acceptors (Lipinski definition) is 4. The van der Waals surface area contributed by atoms with Crippen LogP contribution < -0.4 is 5.32 Å². The molecule has 1 amide bonds. The number of carbonyl (C=O) groups is 1. The van der Waals surface area contributed by atoms with Gasteiger partial charge >= 0.3 is 0 Å². The summed E-state index contributed by atoms with van der Waals surface area (Å²) in [5.74, 6) is 0.694. The normalized spacial score (nSPS) is 10.8. The van der Waals surface area contributed by atoms with E-state index in [9.17, 15) is 4.79 Å². The number of nitrogens with zero attached hydrogens (tertiary/aromatic N) is 4. The molecule has 2 aromatic rings. The summed E-state index contributed by atoms with van der Waals surface area (Å²) in [6, 6.07) is 1.82. The Bertz CT molecular complexity index is 487. The van der Waals surface area contributed by atoms with E-state index < -0.39 is 0 Å². The molecule has 0 radical (unpaired) electrons. The van der Waals surface area contributed by atoms with Gasteiger partial charge in [-0.15, -0.1) is 0 Å². The van der Waals surface area contributed by atoms with Gasteiger partial charge in [0, 0.05) is 11.8 Å². The number of amides is 1. The van der Waals surface area contributed by atoms with Crippen LogP contribution in [0.15, 0.2) is 18.7 Å². The van der Waals surface area contributed by atoms with Crippen molar-refractivity contribution in [2.45, 2.75) is 26.3 Å². The molecule has 0 aromatic carbocycles. The fraction of sp³-hybridized carbons (Fsp3) is 0.400. The Balaban J connectivity index is 1.93. The van der Waals surface area contributed by atoms with Crippen LogP contribution in [0.2, 0.25) is 0 Å². The maximum atomic E-state index is 11.6. The first-order chi connectivity index (χ1) is 8.15. The minimum Gasteiger partial charge on any atom is -0.308 e. The first-order valence-electron chi connectivity index (χ1n) is 5.32. The second-order valence-corrected chi connectivity index (χ2v) is 4.00. The van der Waals surface area contributed by atoms with E-state index in [1.54, 1.807) is 0 Å². The van der Waals surface area contributed by atoms with Crippen molar-refractivity contribution in [3.05, 3.63) is 24.4 Å². The van der Waals surface area contributed by atoms with E-state index >= 15 is 0 Å². The largest absolute Gasteiger partial charge is 0.308 e. The second-order valence-electron chi connectivity index (χ2n) is 4.00. The van der Waals surface area contributed by atoms with Crippen molar-refractivity contribution in [3.8, 4) is 0 Å². The number of anilines is 1. The van der Waals surface area contributed by atoms with Crippen molar-refractivity contribution in [2.75, 3.05) is 5.32 Å². The SMILES string of the molecule is CC(C)c1cc(NC(=O)Cn2cncn2)n[nH]1. The zero-order valence-corrected chi connectivity index (χ0v) is 9.71. The van der Waals surface area contributed by atoms with Crippen molar-refractivity contribution < 1.29 is 4.79 Å². The van der Waals surface area contributed by atoms with E-state index in [0.29, 0.717) is 11.7 Å². The van der Waals surface area contributed by atoms with Crippen LogP contribution in [-0.2, 0) is 11.3 Å².